The van der Waals surface area contributed by atoms with Gasteiger partial charge in [-0.25, -0.2) is 13.5 Å². The Hall–Kier alpha value is -3.69. The fraction of sp³-hybridized carbons (Fsp3) is 0.0870. The van der Waals surface area contributed by atoms with Gasteiger partial charge >= 0.3 is 0 Å². The summed E-state index contributed by atoms with van der Waals surface area (Å²) in [6, 6.07) is 18.0. The maximum atomic E-state index is 13.0. The van der Waals surface area contributed by atoms with Crippen LogP contribution in [0, 0.1) is 6.92 Å². The van der Waals surface area contributed by atoms with Gasteiger partial charge in [-0.15, -0.1) is 0 Å². The van der Waals surface area contributed by atoms with Crippen LogP contribution in [0.25, 0.3) is 10.8 Å². The number of hydrogen-bond donors (Lipinski definition) is 3. The Morgan fingerprint density at radius 3 is 2.48 bits per heavy atom. The molecule has 3 N–H and O–H groups in total. The molecule has 0 spiro atoms. The van der Waals surface area contributed by atoms with Gasteiger partial charge in [0.1, 0.15) is 0 Å². The molecule has 0 saturated carbocycles. The zero-order valence-electron chi connectivity index (χ0n) is 17.4. The van der Waals surface area contributed by atoms with Crippen LogP contribution in [0.4, 0.5) is 11.4 Å². The number of anilines is 2. The van der Waals surface area contributed by atoms with Gasteiger partial charge in [0.15, 0.2) is 0 Å². The van der Waals surface area contributed by atoms with E-state index in [4.69, 9.17) is 11.6 Å². The van der Waals surface area contributed by atoms with Gasteiger partial charge in [0.2, 0.25) is 5.91 Å². The molecule has 0 aliphatic carbocycles. The summed E-state index contributed by atoms with van der Waals surface area (Å²) in [6.07, 6.45) is -0.106. The standard InChI is InChI=1S/C23H19ClN4O4S/c1-14-10-11-15(12-21(14)33(31,32)28-19-9-5-4-8-18(19)24)25-22(29)13-20-16-6-2-3-7-17(16)23(30)27-26-20/h2-12,28H,13H2,1H3,(H,25,29)(H,27,30). The van der Waals surface area contributed by atoms with Crippen LogP contribution in [-0.2, 0) is 21.2 Å². The molecule has 0 atom stereocenters. The Balaban J connectivity index is 1.57. The van der Waals surface area contributed by atoms with E-state index in [9.17, 15) is 18.0 Å². The molecular formula is C23H19ClN4O4S. The van der Waals surface area contributed by atoms with E-state index in [1.165, 1.54) is 6.07 Å². The molecule has 0 radical (unpaired) electrons. The summed E-state index contributed by atoms with van der Waals surface area (Å²) in [5, 5.41) is 10.4. The fourth-order valence-corrected chi connectivity index (χ4v) is 4.97. The van der Waals surface area contributed by atoms with Crippen LogP contribution in [0.5, 0.6) is 0 Å². The van der Waals surface area contributed by atoms with E-state index in [1.807, 2.05) is 0 Å². The van der Waals surface area contributed by atoms with Crippen molar-refractivity contribution in [1.82, 2.24) is 10.2 Å². The summed E-state index contributed by atoms with van der Waals surface area (Å²) >= 11 is 6.07. The number of hydrogen-bond acceptors (Lipinski definition) is 5. The summed E-state index contributed by atoms with van der Waals surface area (Å²) in [7, 11) is -3.96. The topological polar surface area (TPSA) is 121 Å². The molecule has 8 nitrogen and oxygen atoms in total. The smallest absolute Gasteiger partial charge is 0.272 e. The molecule has 0 saturated heterocycles. The molecule has 1 heterocycles. The van der Waals surface area contributed by atoms with Crippen LogP contribution in [0.2, 0.25) is 5.02 Å². The lowest BCUT2D eigenvalue weighted by Crippen LogP contribution is -2.19. The van der Waals surface area contributed by atoms with Crippen molar-refractivity contribution < 1.29 is 13.2 Å². The number of rotatable bonds is 6. The van der Waals surface area contributed by atoms with Gasteiger partial charge in [-0.2, -0.15) is 5.10 Å². The first-order valence-electron chi connectivity index (χ1n) is 9.89. The number of aromatic nitrogens is 2. The highest BCUT2D eigenvalue weighted by molar-refractivity contribution is 7.92. The van der Waals surface area contributed by atoms with Gasteiger partial charge < -0.3 is 5.32 Å². The molecule has 0 fully saturated rings. The largest absolute Gasteiger partial charge is 0.326 e. The van der Waals surface area contributed by atoms with E-state index < -0.39 is 15.9 Å². The van der Waals surface area contributed by atoms with Gasteiger partial charge in [-0.1, -0.05) is 48.0 Å². The number of aromatic amines is 1. The second-order valence-corrected chi connectivity index (χ2v) is 9.39. The van der Waals surface area contributed by atoms with Crippen LogP contribution in [0.3, 0.4) is 0 Å². The molecule has 4 rings (SSSR count). The van der Waals surface area contributed by atoms with Gasteiger partial charge in [0.05, 0.1) is 33.1 Å². The van der Waals surface area contributed by atoms with Crippen LogP contribution in [0.15, 0.2) is 76.4 Å². The first-order chi connectivity index (χ1) is 15.7. The fourth-order valence-electron chi connectivity index (χ4n) is 3.37. The molecule has 33 heavy (non-hydrogen) atoms. The normalized spacial score (nSPS) is 11.3. The molecule has 1 aromatic heterocycles. The number of para-hydroxylation sites is 1. The van der Waals surface area contributed by atoms with Crippen molar-refractivity contribution in [1.29, 1.82) is 0 Å². The lowest BCUT2D eigenvalue weighted by molar-refractivity contribution is -0.115. The van der Waals surface area contributed by atoms with E-state index >= 15 is 0 Å². The van der Waals surface area contributed by atoms with Crippen molar-refractivity contribution in [2.24, 2.45) is 0 Å². The second kappa shape index (κ2) is 9.05. The first kappa shape index (κ1) is 22.5. The Bertz CT molecular complexity index is 1530. The summed E-state index contributed by atoms with van der Waals surface area (Å²) in [5.41, 5.74) is 1.13. The first-order valence-corrected chi connectivity index (χ1v) is 11.7. The number of carbonyl (C=O) groups excluding carboxylic acids is 1. The van der Waals surface area contributed by atoms with Gasteiger partial charge in [0.25, 0.3) is 15.6 Å². The Labute approximate surface area is 194 Å². The van der Waals surface area contributed by atoms with Crippen molar-refractivity contribution in [2.45, 2.75) is 18.2 Å². The SMILES string of the molecule is Cc1ccc(NC(=O)Cc2n[nH]c(=O)c3ccccc23)cc1S(=O)(=O)Nc1ccccc1Cl. The maximum absolute atomic E-state index is 13.0. The highest BCUT2D eigenvalue weighted by Gasteiger charge is 2.19. The third kappa shape index (κ3) is 4.89. The Morgan fingerprint density at radius 1 is 1.03 bits per heavy atom. The minimum atomic E-state index is -3.96. The van der Waals surface area contributed by atoms with E-state index in [0.29, 0.717) is 27.7 Å². The van der Waals surface area contributed by atoms with Crippen LogP contribution < -0.4 is 15.6 Å². The predicted octanol–water partition coefficient (Wildman–Crippen LogP) is 3.87. The Morgan fingerprint density at radius 2 is 1.73 bits per heavy atom. The van der Waals surface area contributed by atoms with Gasteiger partial charge in [0, 0.05) is 11.1 Å². The molecule has 0 unspecified atom stereocenters. The Kier molecular flexibility index (Phi) is 6.17. The number of nitrogens with one attached hydrogen (secondary N) is 3. The lowest BCUT2D eigenvalue weighted by atomic mass is 10.1. The predicted molar refractivity (Wildman–Crippen MR) is 128 cm³/mol. The molecule has 168 valence electrons. The summed E-state index contributed by atoms with van der Waals surface area (Å²) in [6.45, 7) is 1.66. The number of nitrogens with zero attached hydrogens (tertiary/aromatic N) is 1. The zero-order chi connectivity index (χ0) is 23.6. The van der Waals surface area contributed by atoms with Crippen LogP contribution >= 0.6 is 11.6 Å². The highest BCUT2D eigenvalue weighted by Crippen LogP contribution is 2.27. The molecule has 10 heteroatoms. The summed E-state index contributed by atoms with van der Waals surface area (Å²) in [5.74, 6) is -0.411. The number of sulfonamides is 1. The van der Waals surface area contributed by atoms with Crippen LogP contribution in [-0.4, -0.2) is 24.5 Å². The number of halogens is 1. The molecule has 0 aliphatic rings. The molecule has 1 amide bonds. The van der Waals surface area contributed by atoms with E-state index in [2.05, 4.69) is 20.2 Å². The molecule has 0 aliphatic heterocycles. The van der Waals surface area contributed by atoms with Crippen molar-refractivity contribution >= 4 is 49.7 Å². The van der Waals surface area contributed by atoms with Crippen molar-refractivity contribution in [2.75, 3.05) is 10.0 Å². The minimum absolute atomic E-state index is 0.00726. The number of carbonyl (C=O) groups is 1. The third-order valence-electron chi connectivity index (χ3n) is 4.98. The van der Waals surface area contributed by atoms with Gasteiger partial charge in [-0.3, -0.25) is 14.3 Å². The zero-order valence-corrected chi connectivity index (χ0v) is 19.0. The number of H-pyrrole nitrogens is 1. The second-order valence-electron chi connectivity index (χ2n) is 7.34. The molecule has 4 aromatic rings. The van der Waals surface area contributed by atoms with E-state index in [1.54, 1.807) is 67.6 Å². The van der Waals surface area contributed by atoms with Gasteiger partial charge in [-0.05, 0) is 42.8 Å². The van der Waals surface area contributed by atoms with Crippen LogP contribution in [0.1, 0.15) is 11.3 Å². The van der Waals surface area contributed by atoms with Crippen molar-refractivity contribution in [3.63, 3.8) is 0 Å². The summed E-state index contributed by atoms with van der Waals surface area (Å²) in [4.78, 5) is 24.6. The quantitative estimate of drug-likeness (QED) is 0.385. The number of fused-ring (bicyclic) bond motifs is 1. The van der Waals surface area contributed by atoms with E-state index in [0.717, 1.165) is 0 Å². The lowest BCUT2D eigenvalue weighted by Gasteiger charge is -2.13. The van der Waals surface area contributed by atoms with E-state index in [-0.39, 0.29) is 27.6 Å². The number of aryl methyl sites for hydroxylation is 1. The average Bonchev–Trinajstić information content (AvgIpc) is 2.78. The summed E-state index contributed by atoms with van der Waals surface area (Å²) < 4.78 is 28.4. The maximum Gasteiger partial charge on any atom is 0.272 e. The molecule has 3 aromatic carbocycles. The molecular weight excluding hydrogens is 464 g/mol. The highest BCUT2D eigenvalue weighted by atomic mass is 35.5. The average molecular weight is 483 g/mol. The number of benzene rings is 3. The molecule has 0 bridgehead atoms. The third-order valence-corrected chi connectivity index (χ3v) is 6.82. The van der Waals surface area contributed by atoms with Crippen molar-refractivity contribution in [3.05, 3.63) is 93.4 Å². The minimum Gasteiger partial charge on any atom is -0.326 e. The number of amides is 1. The monoisotopic (exact) mass is 482 g/mol. The van der Waals surface area contributed by atoms with Crippen molar-refractivity contribution in [3.8, 4) is 0 Å².